The van der Waals surface area contributed by atoms with Gasteiger partial charge >= 0.3 is 0 Å². The maximum Gasteiger partial charge on any atom is 0.262 e. The van der Waals surface area contributed by atoms with Crippen molar-refractivity contribution in [3.63, 3.8) is 0 Å². The molecule has 0 spiro atoms. The zero-order chi connectivity index (χ0) is 24.2. The van der Waals surface area contributed by atoms with E-state index in [0.717, 1.165) is 25.7 Å². The van der Waals surface area contributed by atoms with Gasteiger partial charge in [0.25, 0.3) is 11.5 Å². The van der Waals surface area contributed by atoms with Crippen molar-refractivity contribution in [1.82, 2.24) is 14.9 Å². The minimum atomic E-state index is -0.276. The van der Waals surface area contributed by atoms with E-state index in [2.05, 4.69) is 5.32 Å². The van der Waals surface area contributed by atoms with E-state index in [1.54, 1.807) is 59.4 Å². The molecular formula is C27H26FN3O3S. The number of thioether (sulfide) groups is 1. The molecule has 2 aromatic carbocycles. The van der Waals surface area contributed by atoms with Crippen LogP contribution in [0.5, 0.6) is 0 Å². The summed E-state index contributed by atoms with van der Waals surface area (Å²) in [6, 6.07) is 15.2. The Labute approximate surface area is 206 Å². The van der Waals surface area contributed by atoms with Crippen LogP contribution < -0.4 is 10.9 Å². The second-order valence-corrected chi connectivity index (χ2v) is 9.68. The minimum absolute atomic E-state index is 0.0764. The van der Waals surface area contributed by atoms with Crippen molar-refractivity contribution in [1.29, 1.82) is 0 Å². The molecule has 0 bridgehead atoms. The number of rotatable bonds is 7. The number of hydrogen-bond donors (Lipinski definition) is 1. The highest BCUT2D eigenvalue weighted by atomic mass is 32.2. The summed E-state index contributed by atoms with van der Waals surface area (Å²) in [5, 5.41) is 3.86. The van der Waals surface area contributed by atoms with Crippen LogP contribution in [0.3, 0.4) is 0 Å². The highest BCUT2D eigenvalue weighted by Crippen LogP contribution is 2.32. The molecule has 35 heavy (non-hydrogen) atoms. The van der Waals surface area contributed by atoms with E-state index < -0.39 is 0 Å². The van der Waals surface area contributed by atoms with Gasteiger partial charge < -0.3 is 9.73 Å². The van der Waals surface area contributed by atoms with Crippen LogP contribution in [0.2, 0.25) is 0 Å². The number of aromatic nitrogens is 2. The summed E-state index contributed by atoms with van der Waals surface area (Å²) < 4.78 is 21.3. The standard InChI is InChI=1S/C27H26FN3O3S/c28-23-11-5-4-7-19(23)17-35-27-30-24-15-18(25(32)29-16-21-10-6-14-34-21)12-13-22(24)26(33)31(27)20-8-2-1-3-9-20/h4-7,10-15,20H,1-3,8-9,16-17H2,(H,29,32). The van der Waals surface area contributed by atoms with Gasteiger partial charge in [-0.25, -0.2) is 9.37 Å². The van der Waals surface area contributed by atoms with Gasteiger partial charge in [0.1, 0.15) is 11.6 Å². The lowest BCUT2D eigenvalue weighted by atomic mass is 9.95. The van der Waals surface area contributed by atoms with E-state index in [0.29, 0.717) is 38.7 Å². The second-order valence-electron chi connectivity index (χ2n) is 8.74. The van der Waals surface area contributed by atoms with Crippen molar-refractivity contribution >= 4 is 28.6 Å². The molecule has 5 rings (SSSR count). The number of furan rings is 1. The Kier molecular flexibility index (Phi) is 6.99. The summed E-state index contributed by atoms with van der Waals surface area (Å²) in [5.74, 6) is 0.463. The smallest absolute Gasteiger partial charge is 0.262 e. The third kappa shape index (κ3) is 5.17. The van der Waals surface area contributed by atoms with E-state index in [-0.39, 0.29) is 29.9 Å². The SMILES string of the molecule is O=C(NCc1ccco1)c1ccc2c(=O)n(C3CCCCC3)c(SCc3ccccc3F)nc2c1. The Morgan fingerprint density at radius 1 is 1.11 bits per heavy atom. The molecule has 4 aromatic rings. The number of fused-ring (bicyclic) bond motifs is 1. The lowest BCUT2D eigenvalue weighted by Crippen LogP contribution is -2.29. The van der Waals surface area contributed by atoms with Gasteiger partial charge in [0, 0.05) is 17.4 Å². The monoisotopic (exact) mass is 491 g/mol. The lowest BCUT2D eigenvalue weighted by Gasteiger charge is -2.26. The fourth-order valence-electron chi connectivity index (χ4n) is 4.52. The summed E-state index contributed by atoms with van der Waals surface area (Å²) in [5.41, 5.74) is 1.33. The second kappa shape index (κ2) is 10.5. The molecule has 2 heterocycles. The Bertz CT molecular complexity index is 1390. The van der Waals surface area contributed by atoms with Gasteiger partial charge in [0.05, 0.1) is 23.7 Å². The average Bonchev–Trinajstić information content (AvgIpc) is 3.41. The zero-order valence-corrected chi connectivity index (χ0v) is 20.0. The van der Waals surface area contributed by atoms with Gasteiger partial charge in [-0.3, -0.25) is 14.2 Å². The first-order valence-electron chi connectivity index (χ1n) is 11.8. The van der Waals surface area contributed by atoms with Gasteiger partial charge in [-0.05, 0) is 54.8 Å². The molecular weight excluding hydrogens is 465 g/mol. The van der Waals surface area contributed by atoms with Crippen molar-refractivity contribution in [3.8, 4) is 0 Å². The third-order valence-corrected chi connectivity index (χ3v) is 7.39. The molecule has 2 aromatic heterocycles. The first-order valence-corrected chi connectivity index (χ1v) is 12.8. The molecule has 6 nitrogen and oxygen atoms in total. The van der Waals surface area contributed by atoms with Crippen LogP contribution in [0, 0.1) is 5.82 Å². The van der Waals surface area contributed by atoms with Gasteiger partial charge in [-0.1, -0.05) is 49.2 Å². The molecule has 1 aliphatic carbocycles. The topological polar surface area (TPSA) is 77.1 Å². The molecule has 0 aliphatic heterocycles. The number of amides is 1. The zero-order valence-electron chi connectivity index (χ0n) is 19.2. The Morgan fingerprint density at radius 2 is 1.94 bits per heavy atom. The normalized spacial score (nSPS) is 14.3. The summed E-state index contributed by atoms with van der Waals surface area (Å²) >= 11 is 1.36. The predicted octanol–water partition coefficient (Wildman–Crippen LogP) is 5.86. The van der Waals surface area contributed by atoms with Gasteiger partial charge in [0.2, 0.25) is 0 Å². The van der Waals surface area contributed by atoms with Crippen LogP contribution >= 0.6 is 11.8 Å². The maximum atomic E-state index is 14.2. The van der Waals surface area contributed by atoms with E-state index in [4.69, 9.17) is 9.40 Å². The lowest BCUT2D eigenvalue weighted by molar-refractivity contribution is 0.0948. The Morgan fingerprint density at radius 3 is 2.71 bits per heavy atom. The van der Waals surface area contributed by atoms with Crippen LogP contribution in [0.15, 0.2) is 75.2 Å². The molecule has 0 atom stereocenters. The fraction of sp³-hybridized carbons (Fsp3) is 0.296. The molecule has 1 aliphatic rings. The molecule has 8 heteroatoms. The molecule has 0 radical (unpaired) electrons. The van der Waals surface area contributed by atoms with E-state index >= 15 is 0 Å². The highest BCUT2D eigenvalue weighted by Gasteiger charge is 2.23. The van der Waals surface area contributed by atoms with Crippen molar-refractivity contribution in [2.24, 2.45) is 0 Å². The van der Waals surface area contributed by atoms with Crippen molar-refractivity contribution in [3.05, 3.63) is 93.9 Å². The van der Waals surface area contributed by atoms with E-state index in [1.165, 1.54) is 24.2 Å². The van der Waals surface area contributed by atoms with Crippen LogP contribution in [0.1, 0.15) is 59.8 Å². The van der Waals surface area contributed by atoms with E-state index in [1.807, 2.05) is 0 Å². The number of hydrogen-bond acceptors (Lipinski definition) is 5. The number of nitrogens with zero attached hydrogens (tertiary/aromatic N) is 2. The predicted molar refractivity (Wildman–Crippen MR) is 134 cm³/mol. The Hall–Kier alpha value is -3.39. The molecule has 0 unspecified atom stereocenters. The van der Waals surface area contributed by atoms with Crippen LogP contribution in [-0.4, -0.2) is 15.5 Å². The molecule has 1 saturated carbocycles. The van der Waals surface area contributed by atoms with Crippen LogP contribution in [-0.2, 0) is 12.3 Å². The minimum Gasteiger partial charge on any atom is -0.467 e. The van der Waals surface area contributed by atoms with Crippen molar-refractivity contribution < 1.29 is 13.6 Å². The summed E-state index contributed by atoms with van der Waals surface area (Å²) in [6.45, 7) is 0.268. The van der Waals surface area contributed by atoms with Crippen LogP contribution in [0.4, 0.5) is 4.39 Å². The van der Waals surface area contributed by atoms with Crippen LogP contribution in [0.25, 0.3) is 10.9 Å². The number of nitrogens with one attached hydrogen (secondary N) is 1. The summed E-state index contributed by atoms with van der Waals surface area (Å²) in [7, 11) is 0. The number of halogens is 1. The molecule has 180 valence electrons. The quantitative estimate of drug-likeness (QED) is 0.259. The first kappa shape index (κ1) is 23.4. The number of carbonyl (C=O) groups excluding carboxylic acids is 1. The molecule has 0 saturated heterocycles. The average molecular weight is 492 g/mol. The van der Waals surface area contributed by atoms with Crippen molar-refractivity contribution in [2.45, 2.75) is 55.6 Å². The first-order chi connectivity index (χ1) is 17.1. The van der Waals surface area contributed by atoms with Crippen molar-refractivity contribution in [2.75, 3.05) is 0 Å². The number of carbonyl (C=O) groups is 1. The highest BCUT2D eigenvalue weighted by molar-refractivity contribution is 7.98. The van der Waals surface area contributed by atoms with Gasteiger partial charge in [-0.2, -0.15) is 0 Å². The summed E-state index contributed by atoms with van der Waals surface area (Å²) in [6.07, 6.45) is 6.71. The fourth-order valence-corrected chi connectivity index (χ4v) is 5.58. The summed E-state index contributed by atoms with van der Waals surface area (Å²) in [4.78, 5) is 31.1. The maximum absolute atomic E-state index is 14.2. The van der Waals surface area contributed by atoms with Gasteiger partial charge in [-0.15, -0.1) is 0 Å². The molecule has 1 fully saturated rings. The molecule has 1 N–H and O–H groups in total. The largest absolute Gasteiger partial charge is 0.467 e. The molecule has 1 amide bonds. The van der Waals surface area contributed by atoms with Gasteiger partial charge in [0.15, 0.2) is 5.16 Å². The van der Waals surface area contributed by atoms with E-state index in [9.17, 15) is 14.0 Å². The number of benzene rings is 2. The Balaban J connectivity index is 1.49. The third-order valence-electron chi connectivity index (χ3n) is 6.39.